The maximum Gasteiger partial charge on any atom is 0.273 e. The van der Waals surface area contributed by atoms with E-state index in [1.54, 1.807) is 30.5 Å². The Bertz CT molecular complexity index is 903. The average Bonchev–Trinajstić information content (AvgIpc) is 3.04. The number of aromatic hydroxyl groups is 1. The van der Waals surface area contributed by atoms with Gasteiger partial charge in [-0.05, 0) is 24.3 Å². The molecule has 0 aliphatic heterocycles. The molecule has 0 fully saturated rings. The number of carbonyl (C=O) groups excluding carboxylic acids is 1. The normalized spacial score (nSPS) is 10.4. The van der Waals surface area contributed by atoms with Crippen LogP contribution in [0.3, 0.4) is 0 Å². The first-order chi connectivity index (χ1) is 11.5. The van der Waals surface area contributed by atoms with E-state index in [1.165, 1.54) is 16.8 Å². The molecule has 0 aliphatic carbocycles. The Morgan fingerprint density at radius 3 is 2.67 bits per heavy atom. The maximum absolute atomic E-state index is 12.2. The van der Waals surface area contributed by atoms with Crippen molar-refractivity contribution in [2.75, 3.05) is 5.32 Å². The van der Waals surface area contributed by atoms with Gasteiger partial charge >= 0.3 is 0 Å². The number of nitrogens with zero attached hydrogens (tertiary/aromatic N) is 3. The number of amides is 1. The highest BCUT2D eigenvalue weighted by Crippen LogP contribution is 2.20. The van der Waals surface area contributed by atoms with Gasteiger partial charge in [-0.2, -0.15) is 0 Å². The topological polar surface area (TPSA) is 80.0 Å². The molecule has 0 spiro atoms. The standard InChI is InChI=1S/C17H13ClN4O2/c1-11(17(24)19-14-3-2-4-15(23)9-14)22-10-16(20-21-22)12-5-7-13(18)8-6-12/h2-10,23H,1H2,(H,19,24). The fourth-order valence-electron chi connectivity index (χ4n) is 2.04. The smallest absolute Gasteiger partial charge is 0.273 e. The first kappa shape index (κ1) is 15.8. The number of anilines is 1. The first-order valence-electron chi connectivity index (χ1n) is 7.01. The van der Waals surface area contributed by atoms with Crippen LogP contribution >= 0.6 is 11.6 Å². The van der Waals surface area contributed by atoms with E-state index in [9.17, 15) is 9.90 Å². The third kappa shape index (κ3) is 3.44. The molecule has 3 rings (SSSR count). The van der Waals surface area contributed by atoms with Gasteiger partial charge in [0.15, 0.2) is 0 Å². The SMILES string of the molecule is C=C(C(=O)Nc1cccc(O)c1)n1cc(-c2ccc(Cl)cc2)nn1. The van der Waals surface area contributed by atoms with Crippen LogP contribution in [-0.2, 0) is 4.79 Å². The fourth-order valence-corrected chi connectivity index (χ4v) is 2.17. The minimum atomic E-state index is -0.451. The number of hydrogen-bond acceptors (Lipinski definition) is 4. The third-order valence-electron chi connectivity index (χ3n) is 3.28. The van der Waals surface area contributed by atoms with Crippen molar-refractivity contribution in [2.24, 2.45) is 0 Å². The zero-order chi connectivity index (χ0) is 17.1. The largest absolute Gasteiger partial charge is 0.508 e. The summed E-state index contributed by atoms with van der Waals surface area (Å²) in [7, 11) is 0. The molecule has 2 aromatic carbocycles. The van der Waals surface area contributed by atoms with Crippen molar-refractivity contribution in [3.8, 4) is 17.0 Å². The van der Waals surface area contributed by atoms with Crippen LogP contribution in [0, 0.1) is 0 Å². The molecule has 2 N–H and O–H groups in total. The second-order valence-corrected chi connectivity index (χ2v) is 5.44. The number of hydrogen-bond donors (Lipinski definition) is 2. The molecule has 0 atom stereocenters. The molecule has 1 heterocycles. The van der Waals surface area contributed by atoms with E-state index in [0.29, 0.717) is 16.4 Å². The predicted octanol–water partition coefficient (Wildman–Crippen LogP) is 3.41. The summed E-state index contributed by atoms with van der Waals surface area (Å²) in [5.41, 5.74) is 1.98. The summed E-state index contributed by atoms with van der Waals surface area (Å²) in [6, 6.07) is 13.4. The number of rotatable bonds is 4. The van der Waals surface area contributed by atoms with Crippen molar-refractivity contribution in [3.05, 3.63) is 66.3 Å². The molecule has 3 aromatic rings. The highest BCUT2D eigenvalue weighted by Gasteiger charge is 2.13. The maximum atomic E-state index is 12.2. The zero-order valence-corrected chi connectivity index (χ0v) is 13.2. The molecule has 7 heteroatoms. The Kier molecular flexibility index (Phi) is 4.31. The fraction of sp³-hybridized carbons (Fsp3) is 0. The van der Waals surface area contributed by atoms with Crippen molar-refractivity contribution in [2.45, 2.75) is 0 Å². The molecule has 24 heavy (non-hydrogen) atoms. The quantitative estimate of drug-likeness (QED) is 0.713. The summed E-state index contributed by atoms with van der Waals surface area (Å²) in [6.45, 7) is 3.73. The Hall–Kier alpha value is -3.12. The van der Waals surface area contributed by atoms with E-state index >= 15 is 0 Å². The Labute approximate surface area is 143 Å². The van der Waals surface area contributed by atoms with Crippen LogP contribution in [0.2, 0.25) is 5.02 Å². The highest BCUT2D eigenvalue weighted by molar-refractivity contribution is 6.30. The van der Waals surface area contributed by atoms with Gasteiger partial charge in [0.05, 0.1) is 6.20 Å². The lowest BCUT2D eigenvalue weighted by Gasteiger charge is -2.07. The van der Waals surface area contributed by atoms with Gasteiger partial charge in [-0.1, -0.05) is 41.6 Å². The van der Waals surface area contributed by atoms with E-state index in [4.69, 9.17) is 11.6 Å². The number of phenolic OH excluding ortho intramolecular Hbond substituents is 1. The van der Waals surface area contributed by atoms with E-state index < -0.39 is 5.91 Å². The van der Waals surface area contributed by atoms with E-state index in [-0.39, 0.29) is 11.4 Å². The molecule has 120 valence electrons. The molecule has 6 nitrogen and oxygen atoms in total. The number of benzene rings is 2. The average molecular weight is 341 g/mol. The Morgan fingerprint density at radius 1 is 1.21 bits per heavy atom. The monoisotopic (exact) mass is 340 g/mol. The number of phenols is 1. The van der Waals surface area contributed by atoms with Crippen LogP contribution in [0.1, 0.15) is 0 Å². The van der Waals surface area contributed by atoms with Crippen molar-refractivity contribution < 1.29 is 9.90 Å². The minimum Gasteiger partial charge on any atom is -0.508 e. The van der Waals surface area contributed by atoms with Crippen molar-refractivity contribution in [3.63, 3.8) is 0 Å². The summed E-state index contributed by atoms with van der Waals surface area (Å²) in [5.74, 6) is -0.391. The van der Waals surface area contributed by atoms with Gasteiger partial charge in [-0.15, -0.1) is 5.10 Å². The summed E-state index contributed by atoms with van der Waals surface area (Å²) in [4.78, 5) is 12.2. The van der Waals surface area contributed by atoms with Gasteiger partial charge < -0.3 is 10.4 Å². The Balaban J connectivity index is 1.75. The Morgan fingerprint density at radius 2 is 1.96 bits per heavy atom. The van der Waals surface area contributed by atoms with E-state index in [0.717, 1.165) is 5.56 Å². The molecule has 0 bridgehead atoms. The molecule has 0 unspecified atom stereocenters. The van der Waals surface area contributed by atoms with Crippen molar-refractivity contribution in [1.82, 2.24) is 15.0 Å². The second-order valence-electron chi connectivity index (χ2n) is 5.01. The molecular weight excluding hydrogens is 328 g/mol. The van der Waals surface area contributed by atoms with Crippen LogP contribution < -0.4 is 5.32 Å². The lowest BCUT2D eigenvalue weighted by molar-refractivity contribution is -0.111. The summed E-state index contributed by atoms with van der Waals surface area (Å²) >= 11 is 5.86. The lowest BCUT2D eigenvalue weighted by atomic mass is 10.2. The minimum absolute atomic E-state index is 0.0594. The van der Waals surface area contributed by atoms with Gasteiger partial charge in [-0.3, -0.25) is 4.79 Å². The second kappa shape index (κ2) is 6.55. The number of halogens is 1. The molecule has 0 aliphatic rings. The molecule has 0 radical (unpaired) electrons. The zero-order valence-electron chi connectivity index (χ0n) is 12.5. The van der Waals surface area contributed by atoms with E-state index in [2.05, 4.69) is 22.2 Å². The highest BCUT2D eigenvalue weighted by atomic mass is 35.5. The molecule has 0 saturated heterocycles. The van der Waals surface area contributed by atoms with Gasteiger partial charge in [0.1, 0.15) is 17.1 Å². The van der Waals surface area contributed by atoms with Crippen LogP contribution in [0.15, 0.2) is 61.3 Å². The van der Waals surface area contributed by atoms with Crippen LogP contribution in [0.4, 0.5) is 5.69 Å². The third-order valence-corrected chi connectivity index (χ3v) is 3.53. The molecule has 1 aromatic heterocycles. The van der Waals surface area contributed by atoms with Crippen LogP contribution in [-0.4, -0.2) is 26.0 Å². The summed E-state index contributed by atoms with van der Waals surface area (Å²) < 4.78 is 1.29. The van der Waals surface area contributed by atoms with Crippen LogP contribution in [0.25, 0.3) is 17.0 Å². The van der Waals surface area contributed by atoms with Gasteiger partial charge in [0.2, 0.25) is 0 Å². The number of aromatic nitrogens is 3. The molecule has 0 saturated carbocycles. The number of carbonyl (C=O) groups is 1. The summed E-state index contributed by atoms with van der Waals surface area (Å²) in [6.07, 6.45) is 1.60. The predicted molar refractivity (Wildman–Crippen MR) is 92.5 cm³/mol. The van der Waals surface area contributed by atoms with Gasteiger partial charge in [-0.25, -0.2) is 4.68 Å². The molecule has 1 amide bonds. The first-order valence-corrected chi connectivity index (χ1v) is 7.39. The van der Waals surface area contributed by atoms with Gasteiger partial charge in [0.25, 0.3) is 5.91 Å². The van der Waals surface area contributed by atoms with Crippen molar-refractivity contribution >= 4 is 28.9 Å². The number of nitrogens with one attached hydrogen (secondary N) is 1. The van der Waals surface area contributed by atoms with Crippen molar-refractivity contribution in [1.29, 1.82) is 0 Å². The molecular formula is C17H13ClN4O2. The lowest BCUT2D eigenvalue weighted by Crippen LogP contribution is -2.17. The van der Waals surface area contributed by atoms with E-state index in [1.807, 2.05) is 12.1 Å². The summed E-state index contributed by atoms with van der Waals surface area (Å²) in [5, 5.41) is 20.6. The van der Waals surface area contributed by atoms with Crippen LogP contribution in [0.5, 0.6) is 5.75 Å². The van der Waals surface area contributed by atoms with Gasteiger partial charge in [0, 0.05) is 22.3 Å².